The third-order valence-corrected chi connectivity index (χ3v) is 4.69. The number of para-hydroxylation sites is 1. The fourth-order valence-electron chi connectivity index (χ4n) is 2.64. The predicted molar refractivity (Wildman–Crippen MR) is 86.9 cm³/mol. The fraction of sp³-hybridized carbons (Fsp3) is 0.312. The first-order valence-electron chi connectivity index (χ1n) is 7.06. The first-order valence-corrected chi connectivity index (χ1v) is 7.94. The minimum Gasteiger partial charge on any atom is -0.496 e. The first kappa shape index (κ1) is 14.1. The van der Waals surface area contributed by atoms with Gasteiger partial charge >= 0.3 is 0 Å². The van der Waals surface area contributed by atoms with Crippen LogP contribution in [0.4, 0.5) is 0 Å². The van der Waals surface area contributed by atoms with Crippen molar-refractivity contribution in [2.45, 2.75) is 25.9 Å². The molecule has 0 fully saturated rings. The third kappa shape index (κ3) is 2.54. The van der Waals surface area contributed by atoms with Gasteiger partial charge in [-0.3, -0.25) is 4.68 Å². The summed E-state index contributed by atoms with van der Waals surface area (Å²) in [5.74, 6) is 0.867. The van der Waals surface area contributed by atoms with Crippen LogP contribution in [-0.2, 0) is 13.0 Å². The number of methoxy groups -OCH3 is 1. The van der Waals surface area contributed by atoms with Crippen LogP contribution in [0.15, 0.2) is 35.7 Å². The van der Waals surface area contributed by atoms with E-state index in [1.165, 1.54) is 10.9 Å². The average Bonchev–Trinajstić information content (AvgIpc) is 3.12. The molecule has 4 nitrogen and oxygen atoms in total. The Balaban J connectivity index is 1.95. The highest BCUT2D eigenvalue weighted by Crippen LogP contribution is 2.32. The minimum absolute atomic E-state index is 0.0939. The van der Waals surface area contributed by atoms with Crippen molar-refractivity contribution in [2.24, 2.45) is 5.73 Å². The molecule has 1 aromatic carbocycles. The number of fused-ring (bicyclic) bond motifs is 1. The molecule has 5 heteroatoms. The maximum absolute atomic E-state index is 6.37. The van der Waals surface area contributed by atoms with E-state index in [4.69, 9.17) is 15.6 Å². The van der Waals surface area contributed by atoms with Gasteiger partial charge in [0, 0.05) is 24.4 Å². The summed E-state index contributed by atoms with van der Waals surface area (Å²) in [6.07, 6.45) is 0.713. The summed E-state index contributed by atoms with van der Waals surface area (Å²) in [5.41, 5.74) is 8.59. The van der Waals surface area contributed by atoms with Crippen LogP contribution < -0.4 is 10.5 Å². The summed E-state index contributed by atoms with van der Waals surface area (Å²) in [6.45, 7) is 2.96. The molecule has 0 amide bonds. The van der Waals surface area contributed by atoms with Crippen molar-refractivity contribution in [3.05, 3.63) is 46.3 Å². The molecule has 0 radical (unpaired) electrons. The predicted octanol–water partition coefficient (Wildman–Crippen LogP) is 3.37. The summed E-state index contributed by atoms with van der Waals surface area (Å²) in [7, 11) is 1.68. The Hall–Kier alpha value is -1.85. The van der Waals surface area contributed by atoms with Gasteiger partial charge in [-0.15, -0.1) is 11.3 Å². The van der Waals surface area contributed by atoms with Gasteiger partial charge in [0.05, 0.1) is 23.2 Å². The highest BCUT2D eigenvalue weighted by molar-refractivity contribution is 7.10. The molecule has 110 valence electrons. The van der Waals surface area contributed by atoms with Crippen LogP contribution in [0.2, 0.25) is 0 Å². The highest BCUT2D eigenvalue weighted by Gasteiger charge is 2.18. The Morgan fingerprint density at radius 1 is 1.33 bits per heavy atom. The molecule has 3 aromatic rings. The molecule has 21 heavy (non-hydrogen) atoms. The van der Waals surface area contributed by atoms with Gasteiger partial charge in [0.1, 0.15) is 5.75 Å². The Morgan fingerprint density at radius 3 is 2.90 bits per heavy atom. The number of aryl methyl sites for hydroxylation is 1. The van der Waals surface area contributed by atoms with Crippen LogP contribution in [-0.4, -0.2) is 16.9 Å². The normalized spacial score (nSPS) is 12.7. The van der Waals surface area contributed by atoms with Gasteiger partial charge in [0.2, 0.25) is 0 Å². The zero-order valence-corrected chi connectivity index (χ0v) is 13.1. The third-order valence-electron chi connectivity index (χ3n) is 3.66. The summed E-state index contributed by atoms with van der Waals surface area (Å²) >= 11 is 1.63. The van der Waals surface area contributed by atoms with E-state index in [-0.39, 0.29) is 6.04 Å². The number of benzene rings is 1. The molecule has 2 N–H and O–H groups in total. The van der Waals surface area contributed by atoms with Gasteiger partial charge in [0.25, 0.3) is 0 Å². The van der Waals surface area contributed by atoms with Crippen LogP contribution in [0.5, 0.6) is 5.75 Å². The number of aromatic nitrogens is 2. The van der Waals surface area contributed by atoms with Gasteiger partial charge < -0.3 is 10.5 Å². The lowest BCUT2D eigenvalue weighted by molar-refractivity contribution is 0.408. The Kier molecular flexibility index (Phi) is 3.94. The van der Waals surface area contributed by atoms with Gasteiger partial charge in [-0.1, -0.05) is 18.2 Å². The van der Waals surface area contributed by atoms with Crippen LogP contribution in [0.3, 0.4) is 0 Å². The van der Waals surface area contributed by atoms with Crippen molar-refractivity contribution in [3.63, 3.8) is 0 Å². The number of hydrogen-bond acceptors (Lipinski definition) is 4. The van der Waals surface area contributed by atoms with Crippen LogP contribution >= 0.6 is 11.3 Å². The lowest BCUT2D eigenvalue weighted by atomic mass is 10.1. The van der Waals surface area contributed by atoms with E-state index in [2.05, 4.69) is 19.1 Å². The van der Waals surface area contributed by atoms with Crippen molar-refractivity contribution < 1.29 is 4.74 Å². The highest BCUT2D eigenvalue weighted by atomic mass is 32.1. The number of ether oxygens (including phenoxy) is 1. The molecule has 0 aliphatic rings. The summed E-state index contributed by atoms with van der Waals surface area (Å²) in [4.78, 5) is 1.08. The summed E-state index contributed by atoms with van der Waals surface area (Å²) in [5, 5.41) is 7.91. The smallest absolute Gasteiger partial charge is 0.134 e. The Morgan fingerprint density at radius 2 is 2.14 bits per heavy atom. The zero-order chi connectivity index (χ0) is 14.8. The second-order valence-electron chi connectivity index (χ2n) is 4.94. The lowest BCUT2D eigenvalue weighted by Gasteiger charge is -2.10. The topological polar surface area (TPSA) is 53.1 Å². The number of hydrogen-bond donors (Lipinski definition) is 1. The molecule has 0 spiro atoms. The Bertz CT molecular complexity index is 747. The van der Waals surface area contributed by atoms with E-state index < -0.39 is 0 Å². The number of thiophene rings is 1. The fourth-order valence-corrected chi connectivity index (χ4v) is 3.50. The molecular formula is C16H19N3OS. The first-order chi connectivity index (χ1) is 10.2. The van der Waals surface area contributed by atoms with Gasteiger partial charge in [0.15, 0.2) is 0 Å². The molecule has 0 bridgehead atoms. The average molecular weight is 301 g/mol. The van der Waals surface area contributed by atoms with Crippen LogP contribution in [0.1, 0.15) is 23.5 Å². The summed E-state index contributed by atoms with van der Waals surface area (Å²) in [6, 6.07) is 10.2. The second kappa shape index (κ2) is 5.87. The van der Waals surface area contributed by atoms with E-state index in [9.17, 15) is 0 Å². The van der Waals surface area contributed by atoms with E-state index in [1.807, 2.05) is 28.3 Å². The van der Waals surface area contributed by atoms with E-state index >= 15 is 0 Å². The molecule has 3 rings (SSSR count). The molecule has 0 saturated carbocycles. The minimum atomic E-state index is -0.0939. The van der Waals surface area contributed by atoms with E-state index in [0.717, 1.165) is 22.9 Å². The summed E-state index contributed by atoms with van der Waals surface area (Å²) < 4.78 is 7.39. The van der Waals surface area contributed by atoms with Gasteiger partial charge in [-0.25, -0.2) is 0 Å². The lowest BCUT2D eigenvalue weighted by Crippen LogP contribution is -2.13. The van der Waals surface area contributed by atoms with Crippen molar-refractivity contribution in [1.29, 1.82) is 0 Å². The molecule has 1 atom stereocenters. The Labute approximate surface area is 128 Å². The van der Waals surface area contributed by atoms with Crippen LogP contribution in [0.25, 0.3) is 10.9 Å². The van der Waals surface area contributed by atoms with Crippen molar-refractivity contribution in [3.8, 4) is 5.75 Å². The number of nitrogens with zero attached hydrogens (tertiary/aromatic N) is 2. The molecule has 1 unspecified atom stereocenters. The SMILES string of the molecule is CCn1nc(CC(N)c2sccc2OC)c2ccccc21. The van der Waals surface area contributed by atoms with Gasteiger partial charge in [-0.2, -0.15) is 5.10 Å². The molecular weight excluding hydrogens is 282 g/mol. The monoisotopic (exact) mass is 301 g/mol. The van der Waals surface area contributed by atoms with Crippen molar-refractivity contribution in [2.75, 3.05) is 7.11 Å². The van der Waals surface area contributed by atoms with E-state index in [1.54, 1.807) is 18.4 Å². The number of nitrogens with two attached hydrogens (primary N) is 1. The van der Waals surface area contributed by atoms with Gasteiger partial charge in [-0.05, 0) is 24.4 Å². The standard InChI is InChI=1S/C16H19N3OS/c1-3-19-14-7-5-4-6-11(14)13(18-19)10-12(17)16-15(20-2)8-9-21-16/h4-9,12H,3,10,17H2,1-2H3. The molecule has 0 aliphatic heterocycles. The van der Waals surface area contributed by atoms with E-state index in [0.29, 0.717) is 6.42 Å². The zero-order valence-electron chi connectivity index (χ0n) is 12.2. The molecule has 2 aromatic heterocycles. The second-order valence-corrected chi connectivity index (χ2v) is 5.89. The molecule has 0 saturated heterocycles. The maximum atomic E-state index is 6.37. The van der Waals surface area contributed by atoms with Crippen molar-refractivity contribution >= 4 is 22.2 Å². The quantitative estimate of drug-likeness (QED) is 0.786. The van der Waals surface area contributed by atoms with Crippen LogP contribution in [0, 0.1) is 0 Å². The molecule has 0 aliphatic carbocycles. The molecule has 2 heterocycles. The number of rotatable bonds is 5. The maximum Gasteiger partial charge on any atom is 0.134 e. The van der Waals surface area contributed by atoms with Crippen molar-refractivity contribution in [1.82, 2.24) is 9.78 Å². The largest absolute Gasteiger partial charge is 0.496 e.